The summed E-state index contributed by atoms with van der Waals surface area (Å²) in [6.07, 6.45) is 1.61. The van der Waals surface area contributed by atoms with Crippen molar-refractivity contribution in [1.82, 2.24) is 20.0 Å². The molecule has 8 nitrogen and oxygen atoms in total. The summed E-state index contributed by atoms with van der Waals surface area (Å²) < 4.78 is 1.36. The number of imidazole rings is 1. The molecule has 0 saturated heterocycles. The van der Waals surface area contributed by atoms with E-state index in [0.717, 1.165) is 27.8 Å². The number of carbonyl (C=O) groups is 1. The zero-order valence-electron chi connectivity index (χ0n) is 20.3. The van der Waals surface area contributed by atoms with Crippen LogP contribution in [-0.4, -0.2) is 20.6 Å². The molecule has 0 aliphatic carbocycles. The van der Waals surface area contributed by atoms with E-state index in [-0.39, 0.29) is 24.4 Å². The van der Waals surface area contributed by atoms with Crippen LogP contribution < -0.4 is 22.0 Å². The largest absolute Gasteiger partial charge is 0.352 e. The minimum Gasteiger partial charge on any atom is -0.352 e. The summed E-state index contributed by atoms with van der Waals surface area (Å²) in [5.41, 5.74) is 14.3. The van der Waals surface area contributed by atoms with Crippen LogP contribution in [0.1, 0.15) is 33.5 Å². The molecule has 4 rings (SSSR count). The Labute approximate surface area is 214 Å². The van der Waals surface area contributed by atoms with E-state index < -0.39 is 0 Å². The summed E-state index contributed by atoms with van der Waals surface area (Å²) >= 11 is 6.34. The summed E-state index contributed by atoms with van der Waals surface area (Å²) in [5, 5.41) is 3.31. The van der Waals surface area contributed by atoms with E-state index in [9.17, 15) is 9.59 Å². The van der Waals surface area contributed by atoms with E-state index in [1.165, 1.54) is 4.68 Å². The van der Waals surface area contributed by atoms with Crippen LogP contribution in [0.2, 0.25) is 5.15 Å². The molecule has 5 N–H and O–H groups in total. The van der Waals surface area contributed by atoms with E-state index in [0.29, 0.717) is 35.3 Å². The molecule has 0 spiro atoms. The van der Waals surface area contributed by atoms with Gasteiger partial charge >= 0.3 is 0 Å². The van der Waals surface area contributed by atoms with Crippen molar-refractivity contribution in [2.75, 3.05) is 5.43 Å². The summed E-state index contributed by atoms with van der Waals surface area (Å²) in [6.45, 7) is 4.79. The summed E-state index contributed by atoms with van der Waals surface area (Å²) in [6, 6.07) is 17.4. The quantitative estimate of drug-likeness (QED) is 0.278. The fourth-order valence-corrected chi connectivity index (χ4v) is 4.14. The lowest BCUT2D eigenvalue weighted by atomic mass is 10.0. The predicted octanol–water partition coefficient (Wildman–Crippen LogP) is 3.57. The Morgan fingerprint density at radius 3 is 2.61 bits per heavy atom. The molecule has 2 heterocycles. The minimum absolute atomic E-state index is 0.0295. The first-order chi connectivity index (χ1) is 17.4. The average molecular weight is 505 g/mol. The van der Waals surface area contributed by atoms with Crippen LogP contribution in [0.15, 0.2) is 65.6 Å². The van der Waals surface area contributed by atoms with Crippen molar-refractivity contribution in [3.05, 3.63) is 110 Å². The van der Waals surface area contributed by atoms with E-state index in [4.69, 9.17) is 17.3 Å². The molecule has 4 aromatic rings. The Hall–Kier alpha value is -3.88. The summed E-state index contributed by atoms with van der Waals surface area (Å²) in [7, 11) is 0. The maximum Gasteiger partial charge on any atom is 0.272 e. The Morgan fingerprint density at radius 2 is 1.86 bits per heavy atom. The van der Waals surface area contributed by atoms with Gasteiger partial charge < -0.3 is 21.5 Å². The Morgan fingerprint density at radius 1 is 1.08 bits per heavy atom. The van der Waals surface area contributed by atoms with Crippen molar-refractivity contribution >= 4 is 17.5 Å². The first kappa shape index (κ1) is 25.2. The van der Waals surface area contributed by atoms with Gasteiger partial charge in [-0.3, -0.25) is 9.59 Å². The van der Waals surface area contributed by atoms with Crippen LogP contribution >= 0.6 is 11.6 Å². The minimum atomic E-state index is -0.293. The van der Waals surface area contributed by atoms with Gasteiger partial charge in [0.15, 0.2) is 0 Å². The van der Waals surface area contributed by atoms with Gasteiger partial charge in [0.25, 0.3) is 5.56 Å². The highest BCUT2D eigenvalue weighted by atomic mass is 35.5. The lowest BCUT2D eigenvalue weighted by Crippen LogP contribution is -2.34. The number of aromatic amines is 1. The fourth-order valence-electron chi connectivity index (χ4n) is 3.94. The van der Waals surface area contributed by atoms with Gasteiger partial charge in [0.1, 0.15) is 11.0 Å². The number of carbonyl (C=O) groups excluding carboxylic acids is 1. The molecule has 0 saturated carbocycles. The smallest absolute Gasteiger partial charge is 0.272 e. The molecule has 0 bridgehead atoms. The molecule has 0 aliphatic heterocycles. The van der Waals surface area contributed by atoms with Gasteiger partial charge in [-0.05, 0) is 36.6 Å². The number of aromatic nitrogens is 3. The van der Waals surface area contributed by atoms with Crippen molar-refractivity contribution < 1.29 is 4.79 Å². The predicted molar refractivity (Wildman–Crippen MR) is 142 cm³/mol. The zero-order valence-corrected chi connectivity index (χ0v) is 21.0. The summed E-state index contributed by atoms with van der Waals surface area (Å²) in [5.74, 6) is 0.415. The normalized spacial score (nSPS) is 10.9. The number of benzene rings is 2. The third kappa shape index (κ3) is 5.84. The molecule has 0 fully saturated rings. The van der Waals surface area contributed by atoms with E-state index >= 15 is 0 Å². The fraction of sp³-hybridized carbons (Fsp3) is 0.222. The average Bonchev–Trinajstić information content (AvgIpc) is 3.26. The van der Waals surface area contributed by atoms with Gasteiger partial charge in [0.2, 0.25) is 5.91 Å². The Bertz CT molecular complexity index is 1430. The number of nitrogens with zero attached hydrogens (tertiary/aromatic N) is 2. The van der Waals surface area contributed by atoms with Crippen LogP contribution in [0.25, 0.3) is 11.4 Å². The Balaban J connectivity index is 1.43. The van der Waals surface area contributed by atoms with Gasteiger partial charge in [-0.25, -0.2) is 9.66 Å². The number of hydrogen-bond acceptors (Lipinski definition) is 5. The number of amides is 1. The maximum absolute atomic E-state index is 13.1. The lowest BCUT2D eigenvalue weighted by molar-refractivity contribution is -0.120. The van der Waals surface area contributed by atoms with Crippen molar-refractivity contribution in [3.8, 4) is 11.4 Å². The topological polar surface area (TPSA) is 118 Å². The van der Waals surface area contributed by atoms with Gasteiger partial charge in [0, 0.05) is 30.4 Å². The number of hydrogen-bond donors (Lipinski definition) is 4. The highest BCUT2D eigenvalue weighted by Crippen LogP contribution is 2.21. The van der Waals surface area contributed by atoms with Gasteiger partial charge in [-0.15, -0.1) is 0 Å². The van der Waals surface area contributed by atoms with Crippen molar-refractivity contribution in [2.24, 2.45) is 5.73 Å². The molecule has 2 aromatic heterocycles. The second kappa shape index (κ2) is 11.2. The van der Waals surface area contributed by atoms with E-state index in [1.807, 2.05) is 62.4 Å². The second-order valence-corrected chi connectivity index (χ2v) is 9.01. The SMILES string of the molecule is Cc1ccc(CN)c(CNC(=O)Cc2c(C)ccn(NCc3nc(-c4ccccc4)[nH]c3Cl)c2=O)c1. The number of aryl methyl sites for hydroxylation is 2. The Kier molecular flexibility index (Phi) is 7.87. The monoisotopic (exact) mass is 504 g/mol. The third-order valence-electron chi connectivity index (χ3n) is 6.01. The standard InChI is InChI=1S/C27H29ClN6O2/c1-17-8-9-20(14-29)21(12-17)15-30-24(35)13-22-18(2)10-11-34(27(22)36)31-16-23-25(28)33-26(32-23)19-6-4-3-5-7-19/h3-12,31H,13-16,29H2,1-2H3,(H,30,35)(H,32,33). The van der Waals surface area contributed by atoms with Crippen LogP contribution in [-0.2, 0) is 30.8 Å². The molecule has 0 atom stereocenters. The van der Waals surface area contributed by atoms with Gasteiger partial charge in [-0.1, -0.05) is 65.7 Å². The van der Waals surface area contributed by atoms with Crippen LogP contribution in [0.5, 0.6) is 0 Å². The number of H-pyrrole nitrogens is 1. The van der Waals surface area contributed by atoms with Crippen LogP contribution in [0.3, 0.4) is 0 Å². The van der Waals surface area contributed by atoms with Crippen molar-refractivity contribution in [1.29, 1.82) is 0 Å². The van der Waals surface area contributed by atoms with Gasteiger partial charge in [0.05, 0.1) is 18.7 Å². The molecule has 186 valence electrons. The third-order valence-corrected chi connectivity index (χ3v) is 6.33. The van der Waals surface area contributed by atoms with E-state index in [2.05, 4.69) is 20.7 Å². The molecule has 0 radical (unpaired) electrons. The first-order valence-corrected chi connectivity index (χ1v) is 12.0. The summed E-state index contributed by atoms with van der Waals surface area (Å²) in [4.78, 5) is 33.4. The molecule has 0 aliphatic rings. The maximum atomic E-state index is 13.1. The number of halogens is 1. The highest BCUT2D eigenvalue weighted by Gasteiger charge is 2.14. The number of nitrogens with one attached hydrogen (secondary N) is 3. The molecular weight excluding hydrogens is 476 g/mol. The van der Waals surface area contributed by atoms with Gasteiger partial charge in [-0.2, -0.15) is 0 Å². The van der Waals surface area contributed by atoms with Crippen molar-refractivity contribution in [2.45, 2.75) is 39.9 Å². The highest BCUT2D eigenvalue weighted by molar-refractivity contribution is 6.30. The lowest BCUT2D eigenvalue weighted by Gasteiger charge is -2.13. The van der Waals surface area contributed by atoms with Crippen LogP contribution in [0.4, 0.5) is 0 Å². The molecule has 36 heavy (non-hydrogen) atoms. The molecule has 0 unspecified atom stereocenters. The van der Waals surface area contributed by atoms with Crippen molar-refractivity contribution in [3.63, 3.8) is 0 Å². The molecule has 9 heteroatoms. The zero-order chi connectivity index (χ0) is 25.7. The van der Waals surface area contributed by atoms with Crippen LogP contribution in [0, 0.1) is 13.8 Å². The number of pyridine rings is 1. The second-order valence-electron chi connectivity index (χ2n) is 8.63. The molecular formula is C27H29ClN6O2. The number of rotatable bonds is 9. The first-order valence-electron chi connectivity index (χ1n) is 11.7. The number of nitrogens with two attached hydrogens (primary N) is 1. The molecule has 2 aromatic carbocycles. The molecule has 1 amide bonds. The van der Waals surface area contributed by atoms with E-state index in [1.54, 1.807) is 12.3 Å².